The van der Waals surface area contributed by atoms with Gasteiger partial charge in [0.15, 0.2) is 0 Å². The molecule has 0 N–H and O–H groups in total. The van der Waals surface area contributed by atoms with Crippen molar-refractivity contribution in [1.82, 2.24) is 0 Å². The van der Waals surface area contributed by atoms with Crippen LogP contribution in [0.1, 0.15) is 10.4 Å². The summed E-state index contributed by atoms with van der Waals surface area (Å²) in [5.41, 5.74) is 0.622. The van der Waals surface area contributed by atoms with Gasteiger partial charge in [-0.3, -0.25) is 0 Å². The predicted octanol–water partition coefficient (Wildman–Crippen LogP) is 5.01. The van der Waals surface area contributed by atoms with E-state index in [1.54, 1.807) is 35.6 Å². The van der Waals surface area contributed by atoms with Gasteiger partial charge in [-0.15, -0.1) is 11.3 Å². The minimum atomic E-state index is 0.435. The molecule has 0 aliphatic carbocycles. The molecular weight excluding hydrogens is 290 g/mol. The molecule has 0 aliphatic rings. The molecular formula is C16H10ClNOS. The Morgan fingerprint density at radius 2 is 1.85 bits per heavy atom. The van der Waals surface area contributed by atoms with Crippen LogP contribution in [-0.2, 0) is 6.61 Å². The highest BCUT2D eigenvalue weighted by Gasteiger charge is 2.10. The van der Waals surface area contributed by atoms with E-state index in [-0.39, 0.29) is 0 Å². The molecule has 0 atom stereocenters. The van der Waals surface area contributed by atoms with Crippen molar-refractivity contribution in [1.29, 1.82) is 5.26 Å². The molecule has 2 nitrogen and oxygen atoms in total. The number of thiophene rings is 1. The van der Waals surface area contributed by atoms with Crippen LogP contribution in [0.15, 0.2) is 48.5 Å². The first-order valence-corrected chi connectivity index (χ1v) is 7.26. The van der Waals surface area contributed by atoms with Gasteiger partial charge in [0.2, 0.25) is 0 Å². The maximum Gasteiger partial charge on any atom is 0.124 e. The number of ether oxygens (including phenoxy) is 1. The largest absolute Gasteiger partial charge is 0.488 e. The SMILES string of the molecule is N#Cc1ccc(OCc2sc3ccccc3c2Cl)cc1. The van der Waals surface area contributed by atoms with Crippen molar-refractivity contribution < 1.29 is 4.74 Å². The number of hydrogen-bond donors (Lipinski definition) is 0. The lowest BCUT2D eigenvalue weighted by Gasteiger charge is -2.04. The second kappa shape index (κ2) is 5.54. The van der Waals surface area contributed by atoms with E-state index in [1.165, 1.54) is 0 Å². The standard InChI is InChI=1S/C16H10ClNOS/c17-16-13-3-1-2-4-14(13)20-15(16)10-19-12-7-5-11(9-18)6-8-12/h1-8H,10H2. The van der Waals surface area contributed by atoms with Gasteiger partial charge in [-0.25, -0.2) is 0 Å². The number of rotatable bonds is 3. The lowest BCUT2D eigenvalue weighted by atomic mass is 10.2. The van der Waals surface area contributed by atoms with Gasteiger partial charge in [0, 0.05) is 10.1 Å². The highest BCUT2D eigenvalue weighted by atomic mass is 35.5. The Balaban J connectivity index is 1.79. The van der Waals surface area contributed by atoms with Gasteiger partial charge in [-0.2, -0.15) is 5.26 Å². The Bertz CT molecular complexity index is 786. The molecule has 0 spiro atoms. The van der Waals surface area contributed by atoms with Crippen LogP contribution in [0.4, 0.5) is 0 Å². The topological polar surface area (TPSA) is 33.0 Å². The fourth-order valence-electron chi connectivity index (χ4n) is 1.93. The second-order valence-corrected chi connectivity index (χ2v) is 5.77. The number of benzene rings is 2. The van der Waals surface area contributed by atoms with E-state index in [2.05, 4.69) is 12.1 Å². The lowest BCUT2D eigenvalue weighted by molar-refractivity contribution is 0.310. The monoisotopic (exact) mass is 299 g/mol. The lowest BCUT2D eigenvalue weighted by Crippen LogP contribution is -1.93. The summed E-state index contributed by atoms with van der Waals surface area (Å²) < 4.78 is 6.88. The molecule has 2 aromatic carbocycles. The Morgan fingerprint density at radius 3 is 2.55 bits per heavy atom. The van der Waals surface area contributed by atoms with Gasteiger partial charge in [-0.05, 0) is 30.3 Å². The number of nitriles is 1. The Morgan fingerprint density at radius 1 is 1.10 bits per heavy atom. The predicted molar refractivity (Wildman–Crippen MR) is 82.3 cm³/mol. The van der Waals surface area contributed by atoms with Crippen LogP contribution in [0.25, 0.3) is 10.1 Å². The summed E-state index contributed by atoms with van der Waals surface area (Å²) in [5, 5.41) is 10.6. The van der Waals surface area contributed by atoms with Crippen LogP contribution < -0.4 is 4.74 Å². The average molecular weight is 300 g/mol. The van der Waals surface area contributed by atoms with Gasteiger partial charge >= 0.3 is 0 Å². The van der Waals surface area contributed by atoms with Gasteiger partial charge in [0.25, 0.3) is 0 Å². The molecule has 1 heterocycles. The number of halogens is 1. The normalized spacial score (nSPS) is 10.4. The number of fused-ring (bicyclic) bond motifs is 1. The van der Waals surface area contributed by atoms with Crippen LogP contribution in [0, 0.1) is 11.3 Å². The van der Waals surface area contributed by atoms with E-state index in [9.17, 15) is 0 Å². The Hall–Kier alpha value is -2.02. The Labute approximate surface area is 125 Å². The fourth-order valence-corrected chi connectivity index (χ4v) is 3.33. The third kappa shape index (κ3) is 2.49. The van der Waals surface area contributed by atoms with Gasteiger partial charge in [-0.1, -0.05) is 29.8 Å². The Kier molecular flexibility index (Phi) is 3.60. The summed E-state index contributed by atoms with van der Waals surface area (Å²) >= 11 is 8.00. The van der Waals surface area contributed by atoms with Gasteiger partial charge in [0.05, 0.1) is 21.5 Å². The second-order valence-electron chi connectivity index (χ2n) is 4.26. The molecule has 0 radical (unpaired) electrons. The zero-order valence-electron chi connectivity index (χ0n) is 10.5. The molecule has 1 aromatic heterocycles. The van der Waals surface area contributed by atoms with Crippen LogP contribution in [0.2, 0.25) is 5.02 Å². The van der Waals surface area contributed by atoms with Crippen molar-refractivity contribution in [2.24, 2.45) is 0 Å². The summed E-state index contributed by atoms with van der Waals surface area (Å²) in [6.07, 6.45) is 0. The zero-order chi connectivity index (χ0) is 13.9. The summed E-state index contributed by atoms with van der Waals surface area (Å²) in [6, 6.07) is 17.2. The molecule has 0 amide bonds. The molecule has 0 aliphatic heterocycles. The maximum absolute atomic E-state index is 8.75. The van der Waals surface area contributed by atoms with Crippen molar-refractivity contribution in [3.63, 3.8) is 0 Å². The number of nitrogens with zero attached hydrogens (tertiary/aromatic N) is 1. The molecule has 0 unspecified atom stereocenters. The van der Waals surface area contributed by atoms with E-state index in [4.69, 9.17) is 21.6 Å². The van der Waals surface area contributed by atoms with Crippen LogP contribution in [0.3, 0.4) is 0 Å². The average Bonchev–Trinajstić information content (AvgIpc) is 2.83. The van der Waals surface area contributed by atoms with E-state index in [0.717, 1.165) is 25.7 Å². The van der Waals surface area contributed by atoms with Gasteiger partial charge in [0.1, 0.15) is 12.4 Å². The third-order valence-electron chi connectivity index (χ3n) is 2.95. The molecule has 3 rings (SSSR count). The van der Waals surface area contributed by atoms with Crippen molar-refractivity contribution >= 4 is 33.0 Å². The highest BCUT2D eigenvalue weighted by molar-refractivity contribution is 7.19. The summed E-state index contributed by atoms with van der Waals surface area (Å²) in [7, 11) is 0. The molecule has 4 heteroatoms. The molecule has 0 saturated carbocycles. The first-order chi connectivity index (χ1) is 9.78. The van der Waals surface area contributed by atoms with Crippen LogP contribution in [-0.4, -0.2) is 0 Å². The first kappa shape index (κ1) is 13.0. The smallest absolute Gasteiger partial charge is 0.124 e. The third-order valence-corrected chi connectivity index (χ3v) is 4.64. The summed E-state index contributed by atoms with van der Waals surface area (Å²) in [4.78, 5) is 1.01. The first-order valence-electron chi connectivity index (χ1n) is 6.07. The molecule has 20 heavy (non-hydrogen) atoms. The zero-order valence-corrected chi connectivity index (χ0v) is 12.0. The van der Waals surface area contributed by atoms with Crippen molar-refractivity contribution in [2.45, 2.75) is 6.61 Å². The molecule has 0 fully saturated rings. The summed E-state index contributed by atoms with van der Waals surface area (Å²) in [5.74, 6) is 0.734. The molecule has 0 bridgehead atoms. The van der Waals surface area contributed by atoms with E-state index < -0.39 is 0 Å². The quantitative estimate of drug-likeness (QED) is 0.681. The van der Waals surface area contributed by atoms with Crippen LogP contribution >= 0.6 is 22.9 Å². The van der Waals surface area contributed by atoms with E-state index >= 15 is 0 Å². The number of hydrogen-bond acceptors (Lipinski definition) is 3. The molecule has 0 saturated heterocycles. The van der Waals surface area contributed by atoms with Crippen molar-refractivity contribution in [3.05, 3.63) is 64.0 Å². The minimum absolute atomic E-state index is 0.435. The summed E-state index contributed by atoms with van der Waals surface area (Å²) in [6.45, 7) is 0.435. The highest BCUT2D eigenvalue weighted by Crippen LogP contribution is 2.35. The fraction of sp³-hybridized carbons (Fsp3) is 0.0625. The molecule has 3 aromatic rings. The van der Waals surface area contributed by atoms with Gasteiger partial charge < -0.3 is 4.74 Å². The molecule has 98 valence electrons. The van der Waals surface area contributed by atoms with Crippen molar-refractivity contribution in [3.8, 4) is 11.8 Å². The van der Waals surface area contributed by atoms with E-state index in [1.807, 2.05) is 18.2 Å². The van der Waals surface area contributed by atoms with E-state index in [0.29, 0.717) is 12.2 Å². The maximum atomic E-state index is 8.75. The van der Waals surface area contributed by atoms with Crippen molar-refractivity contribution in [2.75, 3.05) is 0 Å². The minimum Gasteiger partial charge on any atom is -0.488 e. The van der Waals surface area contributed by atoms with Crippen LogP contribution in [0.5, 0.6) is 5.75 Å².